The summed E-state index contributed by atoms with van der Waals surface area (Å²) < 4.78 is -0.268. The summed E-state index contributed by atoms with van der Waals surface area (Å²) in [5.41, 5.74) is 0. The van der Waals surface area contributed by atoms with E-state index in [9.17, 15) is 24.0 Å². The van der Waals surface area contributed by atoms with Gasteiger partial charge in [0.05, 0.1) is 26.2 Å². The molecule has 0 bridgehead atoms. The van der Waals surface area contributed by atoms with Crippen LogP contribution in [-0.4, -0.2) is 79.2 Å². The molecule has 0 saturated carbocycles. The summed E-state index contributed by atoms with van der Waals surface area (Å²) in [5.74, 6) is 0. The van der Waals surface area contributed by atoms with Crippen molar-refractivity contribution in [3.8, 4) is 0 Å². The molecule has 1 rings (SSSR count). The first-order valence-electron chi connectivity index (χ1n) is 12.2. The summed E-state index contributed by atoms with van der Waals surface area (Å²) in [6.07, 6.45) is 14.6. The van der Waals surface area contributed by atoms with Crippen molar-refractivity contribution in [1.29, 1.82) is 0 Å². The van der Waals surface area contributed by atoms with Crippen LogP contribution in [0.4, 0.5) is 9.59 Å². The maximum absolute atomic E-state index is 13.0. The summed E-state index contributed by atoms with van der Waals surface area (Å²) >= 11 is 0. The highest BCUT2D eigenvalue weighted by Crippen LogP contribution is 2.34. The van der Waals surface area contributed by atoms with E-state index in [4.69, 9.17) is 0 Å². The highest BCUT2D eigenvalue weighted by molar-refractivity contribution is 5.90. The minimum absolute atomic E-state index is 0.166. The highest BCUT2D eigenvalue weighted by Gasteiger charge is 2.71. The standard InChI is InChI=1S/C23H36N6O5/c30-19-24-13-7-1-2-10-16-27-22(33)29(18-12-6-4-9-15-26-21-32)23(34)28(29)17-11-5-3-8-14-25-20-31/h1-18H2/p+1. The molecular formula is C23H37N6O5+. The molecule has 188 valence electrons. The van der Waals surface area contributed by atoms with Gasteiger partial charge in [0, 0.05) is 13.0 Å². The first-order chi connectivity index (χ1) is 16.6. The second-order valence-corrected chi connectivity index (χ2v) is 8.29. The Hall–Kier alpha value is -2.96. The Kier molecular flexibility index (Phi) is 15.8. The molecular weight excluding hydrogens is 440 g/mol. The zero-order chi connectivity index (χ0) is 24.9. The molecule has 0 aliphatic carbocycles. The van der Waals surface area contributed by atoms with E-state index in [0.29, 0.717) is 39.3 Å². The first-order valence-corrected chi connectivity index (χ1v) is 12.2. The molecule has 0 aromatic rings. The molecule has 1 fully saturated rings. The predicted octanol–water partition coefficient (Wildman–Crippen LogP) is 3.55. The lowest BCUT2D eigenvalue weighted by molar-refractivity contribution is -0.759. The molecule has 0 aromatic heterocycles. The Morgan fingerprint density at radius 3 is 1.71 bits per heavy atom. The zero-order valence-electron chi connectivity index (χ0n) is 20.0. The van der Waals surface area contributed by atoms with Gasteiger partial charge in [0.15, 0.2) is 0 Å². The van der Waals surface area contributed by atoms with Gasteiger partial charge >= 0.3 is 12.1 Å². The van der Waals surface area contributed by atoms with E-state index in [2.05, 4.69) is 20.3 Å². The first kappa shape index (κ1) is 29.1. The molecule has 1 unspecified atom stereocenters. The number of rotatable bonds is 21. The third kappa shape index (κ3) is 10.8. The Labute approximate surface area is 201 Å². The molecule has 11 nitrogen and oxygen atoms in total. The Morgan fingerprint density at radius 2 is 1.18 bits per heavy atom. The number of amides is 4. The van der Waals surface area contributed by atoms with Gasteiger partial charge in [-0.15, -0.1) is 5.01 Å². The van der Waals surface area contributed by atoms with E-state index in [1.165, 1.54) is 18.2 Å². The number of hydrogen-bond donors (Lipinski definition) is 1. The van der Waals surface area contributed by atoms with E-state index in [-0.39, 0.29) is 16.7 Å². The molecule has 34 heavy (non-hydrogen) atoms. The van der Waals surface area contributed by atoms with Crippen LogP contribution in [0.3, 0.4) is 0 Å². The predicted molar refractivity (Wildman–Crippen MR) is 125 cm³/mol. The number of quaternary nitrogens is 1. The van der Waals surface area contributed by atoms with Crippen LogP contribution in [0.15, 0.2) is 15.0 Å². The number of nitrogens with zero attached hydrogens (tertiary/aromatic N) is 5. The molecule has 1 atom stereocenters. The number of carbonyl (C=O) groups excluding carboxylic acids is 5. The monoisotopic (exact) mass is 477 g/mol. The van der Waals surface area contributed by atoms with Crippen molar-refractivity contribution >= 4 is 30.3 Å². The molecule has 1 aliphatic rings. The van der Waals surface area contributed by atoms with Crippen LogP contribution in [0, 0.1) is 0 Å². The summed E-state index contributed by atoms with van der Waals surface area (Å²) in [6, 6.07) is -0.443. The van der Waals surface area contributed by atoms with Crippen LogP contribution in [0.25, 0.3) is 0 Å². The van der Waals surface area contributed by atoms with Crippen LogP contribution < -0.4 is 5.32 Å². The number of unbranched alkanes of at least 4 members (excludes halogenated alkanes) is 9. The smallest absolute Gasteiger partial charge is 0.303 e. The second-order valence-electron chi connectivity index (χ2n) is 8.29. The number of nitrogens with one attached hydrogen (secondary N) is 1. The second kappa shape index (κ2) is 18.5. The number of aliphatic imine (C=N–C) groups is 3. The van der Waals surface area contributed by atoms with Gasteiger partial charge < -0.3 is 5.32 Å². The van der Waals surface area contributed by atoms with E-state index < -0.39 is 0 Å². The fourth-order valence-electron chi connectivity index (χ4n) is 3.87. The molecule has 11 heteroatoms. The lowest BCUT2D eigenvalue weighted by Gasteiger charge is -2.14. The van der Waals surface area contributed by atoms with E-state index in [0.717, 1.165) is 77.0 Å². The van der Waals surface area contributed by atoms with Crippen molar-refractivity contribution < 1.29 is 28.6 Å². The van der Waals surface area contributed by atoms with Crippen molar-refractivity contribution in [3.63, 3.8) is 0 Å². The van der Waals surface area contributed by atoms with E-state index >= 15 is 0 Å². The Bertz CT molecular complexity index is 772. The van der Waals surface area contributed by atoms with Crippen LogP contribution in [0.2, 0.25) is 0 Å². The summed E-state index contributed by atoms with van der Waals surface area (Å²) in [7, 11) is 0. The quantitative estimate of drug-likeness (QED) is 0.0886. The SMILES string of the molecule is O=C=NCCCCCCNC(=O)[N+]1(CCCCCCN=C=O)C(=O)N1CCCCCCN=C=O. The molecule has 1 saturated heterocycles. The summed E-state index contributed by atoms with van der Waals surface area (Å²) in [5, 5.41) is 4.55. The van der Waals surface area contributed by atoms with Crippen LogP contribution >= 0.6 is 0 Å². The summed E-state index contributed by atoms with van der Waals surface area (Å²) in [6.45, 7) is 2.85. The van der Waals surface area contributed by atoms with Gasteiger partial charge in [0.2, 0.25) is 18.2 Å². The molecule has 1 heterocycles. The molecule has 4 amide bonds. The molecule has 0 aromatic carbocycles. The number of hydrogen-bond acceptors (Lipinski definition) is 8. The van der Waals surface area contributed by atoms with Crippen LogP contribution in [0.1, 0.15) is 77.0 Å². The van der Waals surface area contributed by atoms with Gasteiger partial charge in [0.25, 0.3) is 0 Å². The molecule has 0 spiro atoms. The highest BCUT2D eigenvalue weighted by atomic mass is 16.3. The van der Waals surface area contributed by atoms with Crippen molar-refractivity contribution in [1.82, 2.24) is 10.3 Å². The van der Waals surface area contributed by atoms with Gasteiger partial charge in [-0.1, -0.05) is 32.1 Å². The van der Waals surface area contributed by atoms with Gasteiger partial charge in [-0.05, 0) is 43.1 Å². The fraction of sp³-hybridized carbons (Fsp3) is 0.783. The van der Waals surface area contributed by atoms with Gasteiger partial charge in [0.1, 0.15) is 6.54 Å². The minimum Gasteiger partial charge on any atom is -0.303 e. The van der Waals surface area contributed by atoms with Crippen molar-refractivity contribution in [3.05, 3.63) is 0 Å². The fourth-order valence-corrected chi connectivity index (χ4v) is 3.87. The number of isocyanates is 3. The van der Waals surface area contributed by atoms with Gasteiger partial charge in [-0.3, -0.25) is 0 Å². The van der Waals surface area contributed by atoms with Gasteiger partial charge in [-0.2, -0.15) is 4.79 Å². The maximum atomic E-state index is 13.0. The van der Waals surface area contributed by atoms with E-state index in [1.54, 1.807) is 5.01 Å². The lowest BCUT2D eigenvalue weighted by Crippen LogP contribution is -2.47. The van der Waals surface area contributed by atoms with Crippen molar-refractivity contribution in [2.45, 2.75) is 77.0 Å². The number of carbonyl (C=O) groups is 2. The van der Waals surface area contributed by atoms with Crippen molar-refractivity contribution in [2.24, 2.45) is 15.0 Å². The normalized spacial score (nSPS) is 16.2. The Morgan fingerprint density at radius 1 is 0.706 bits per heavy atom. The minimum atomic E-state index is -0.276. The summed E-state index contributed by atoms with van der Waals surface area (Å²) in [4.78, 5) is 66.5. The molecule has 1 N–H and O–H groups in total. The third-order valence-electron chi connectivity index (χ3n) is 5.80. The van der Waals surface area contributed by atoms with Gasteiger partial charge in [-0.25, -0.2) is 34.2 Å². The van der Waals surface area contributed by atoms with Crippen molar-refractivity contribution in [2.75, 3.05) is 39.3 Å². The topological polar surface area (TPSA) is 137 Å². The molecule has 0 radical (unpaired) electrons. The lowest BCUT2D eigenvalue weighted by atomic mass is 10.2. The zero-order valence-corrected chi connectivity index (χ0v) is 20.0. The van der Waals surface area contributed by atoms with Crippen LogP contribution in [-0.2, 0) is 14.4 Å². The average molecular weight is 478 g/mol. The van der Waals surface area contributed by atoms with Crippen LogP contribution in [0.5, 0.6) is 0 Å². The maximum Gasteiger partial charge on any atom is 0.498 e. The largest absolute Gasteiger partial charge is 0.498 e. The molecule has 1 aliphatic heterocycles. The van der Waals surface area contributed by atoms with E-state index in [1.807, 2.05) is 0 Å². The number of imide groups is 1. The number of urea groups is 2. The average Bonchev–Trinajstić information content (AvgIpc) is 3.42. The Balaban J connectivity index is 2.46. The third-order valence-corrected chi connectivity index (χ3v) is 5.80.